The van der Waals surface area contributed by atoms with E-state index in [9.17, 15) is 9.59 Å². The number of amides is 2. The van der Waals surface area contributed by atoms with Crippen molar-refractivity contribution in [3.63, 3.8) is 0 Å². The number of nitrogens with one attached hydrogen (secondary N) is 2. The van der Waals surface area contributed by atoms with Gasteiger partial charge < -0.3 is 5.32 Å². The second kappa shape index (κ2) is 6.16. The molecule has 0 heterocycles. The fraction of sp³-hybridized carbons (Fsp3) is 0.842. The Bertz CT molecular complexity index is 524. The molecule has 24 heavy (non-hydrogen) atoms. The van der Waals surface area contributed by atoms with E-state index >= 15 is 0 Å². The van der Waals surface area contributed by atoms with E-state index in [0.29, 0.717) is 5.71 Å². The zero-order valence-corrected chi connectivity index (χ0v) is 15.4. The summed E-state index contributed by atoms with van der Waals surface area (Å²) in [4.78, 5) is 24.7. The summed E-state index contributed by atoms with van der Waals surface area (Å²) in [6.07, 6.45) is 7.28. The molecule has 4 aliphatic rings. The van der Waals surface area contributed by atoms with E-state index in [-0.39, 0.29) is 29.2 Å². The molecular formula is C19H31N3O2. The molecule has 2 amide bonds. The zero-order valence-electron chi connectivity index (χ0n) is 15.4. The Morgan fingerprint density at radius 1 is 1.04 bits per heavy atom. The maximum Gasteiger partial charge on any atom is 0.246 e. The highest BCUT2D eigenvalue weighted by Gasteiger charge is 2.54. The first-order chi connectivity index (χ1) is 11.2. The SMILES string of the molecule is C/C(CC(=O)NC(C)(C)C)=N\NC(=O)C12CC3CC(CC(C3)C1)C2. The van der Waals surface area contributed by atoms with Gasteiger partial charge in [-0.15, -0.1) is 0 Å². The van der Waals surface area contributed by atoms with Crippen molar-refractivity contribution in [3.05, 3.63) is 0 Å². The van der Waals surface area contributed by atoms with Gasteiger partial charge >= 0.3 is 0 Å². The van der Waals surface area contributed by atoms with Gasteiger partial charge in [0.05, 0.1) is 11.8 Å². The first kappa shape index (κ1) is 17.4. The van der Waals surface area contributed by atoms with Crippen LogP contribution in [0.2, 0.25) is 0 Å². The molecule has 0 atom stereocenters. The average molecular weight is 333 g/mol. The van der Waals surface area contributed by atoms with Crippen LogP contribution in [-0.4, -0.2) is 23.1 Å². The van der Waals surface area contributed by atoms with Crippen molar-refractivity contribution in [3.8, 4) is 0 Å². The van der Waals surface area contributed by atoms with Crippen molar-refractivity contribution in [1.29, 1.82) is 0 Å². The predicted octanol–water partition coefficient (Wildman–Crippen LogP) is 3.00. The lowest BCUT2D eigenvalue weighted by atomic mass is 9.49. The molecule has 4 bridgehead atoms. The molecule has 0 aromatic rings. The first-order valence-electron chi connectivity index (χ1n) is 9.30. The molecule has 4 aliphatic carbocycles. The third kappa shape index (κ3) is 3.81. The molecule has 0 aromatic heterocycles. The van der Waals surface area contributed by atoms with E-state index in [2.05, 4.69) is 15.8 Å². The molecular weight excluding hydrogens is 302 g/mol. The van der Waals surface area contributed by atoms with Crippen LogP contribution in [-0.2, 0) is 9.59 Å². The molecule has 0 aromatic carbocycles. The van der Waals surface area contributed by atoms with Crippen LogP contribution in [0, 0.1) is 23.2 Å². The van der Waals surface area contributed by atoms with Crippen molar-refractivity contribution in [2.45, 2.75) is 78.2 Å². The zero-order chi connectivity index (χ0) is 17.5. The van der Waals surface area contributed by atoms with E-state index in [1.54, 1.807) is 6.92 Å². The summed E-state index contributed by atoms with van der Waals surface area (Å²) >= 11 is 0. The summed E-state index contributed by atoms with van der Waals surface area (Å²) in [6.45, 7) is 7.65. The highest BCUT2D eigenvalue weighted by atomic mass is 16.2. The van der Waals surface area contributed by atoms with Gasteiger partial charge in [0.25, 0.3) is 0 Å². The monoisotopic (exact) mass is 333 g/mol. The lowest BCUT2D eigenvalue weighted by molar-refractivity contribution is -0.146. The van der Waals surface area contributed by atoms with E-state index in [1.165, 1.54) is 19.3 Å². The van der Waals surface area contributed by atoms with Crippen LogP contribution in [0.4, 0.5) is 0 Å². The van der Waals surface area contributed by atoms with Crippen LogP contribution in [0.25, 0.3) is 0 Å². The average Bonchev–Trinajstić information content (AvgIpc) is 2.40. The summed E-state index contributed by atoms with van der Waals surface area (Å²) in [7, 11) is 0. The molecule has 0 unspecified atom stereocenters. The molecule has 2 N–H and O–H groups in total. The summed E-state index contributed by atoms with van der Waals surface area (Å²) in [5.74, 6) is 2.24. The molecule has 4 saturated carbocycles. The van der Waals surface area contributed by atoms with Crippen molar-refractivity contribution < 1.29 is 9.59 Å². The molecule has 5 nitrogen and oxygen atoms in total. The molecule has 4 fully saturated rings. The third-order valence-electron chi connectivity index (χ3n) is 5.80. The lowest BCUT2D eigenvalue weighted by Crippen LogP contribution is -2.52. The Morgan fingerprint density at radius 2 is 1.54 bits per heavy atom. The molecule has 0 aliphatic heterocycles. The summed E-state index contributed by atoms with van der Waals surface area (Å²) in [5, 5.41) is 7.12. The minimum atomic E-state index is -0.250. The van der Waals surface area contributed by atoms with Gasteiger partial charge in [0.1, 0.15) is 0 Å². The number of carbonyl (C=O) groups excluding carboxylic acids is 2. The number of carbonyl (C=O) groups is 2. The van der Waals surface area contributed by atoms with Crippen molar-refractivity contribution in [2.75, 3.05) is 0 Å². The number of hydrazone groups is 1. The van der Waals surface area contributed by atoms with Gasteiger partial charge in [-0.25, -0.2) is 5.43 Å². The molecule has 134 valence electrons. The normalized spacial score (nSPS) is 35.0. The molecule has 0 radical (unpaired) electrons. The number of hydrogen-bond donors (Lipinski definition) is 2. The third-order valence-corrected chi connectivity index (χ3v) is 5.80. The Morgan fingerprint density at radius 3 is 2.00 bits per heavy atom. The lowest BCUT2D eigenvalue weighted by Gasteiger charge is -2.55. The minimum absolute atomic E-state index is 0.0622. The number of hydrogen-bond acceptors (Lipinski definition) is 3. The van der Waals surface area contributed by atoms with Crippen LogP contribution in [0.3, 0.4) is 0 Å². The Kier molecular flexibility index (Phi) is 4.47. The van der Waals surface area contributed by atoms with Gasteiger partial charge in [-0.1, -0.05) is 0 Å². The number of rotatable bonds is 4. The second-order valence-electron chi connectivity index (χ2n) is 9.46. The Labute approximate surface area is 145 Å². The summed E-state index contributed by atoms with van der Waals surface area (Å²) < 4.78 is 0. The van der Waals surface area contributed by atoms with Gasteiger partial charge in [-0.2, -0.15) is 5.10 Å². The van der Waals surface area contributed by atoms with Crippen LogP contribution < -0.4 is 10.7 Å². The van der Waals surface area contributed by atoms with Gasteiger partial charge in [0.15, 0.2) is 0 Å². The Hall–Kier alpha value is -1.39. The molecule has 5 heteroatoms. The van der Waals surface area contributed by atoms with E-state index < -0.39 is 0 Å². The molecule has 0 saturated heterocycles. The van der Waals surface area contributed by atoms with E-state index in [0.717, 1.165) is 37.0 Å². The van der Waals surface area contributed by atoms with Gasteiger partial charge in [-0.3, -0.25) is 9.59 Å². The second-order valence-corrected chi connectivity index (χ2v) is 9.46. The van der Waals surface area contributed by atoms with E-state index in [1.807, 2.05) is 20.8 Å². The summed E-state index contributed by atoms with van der Waals surface area (Å²) in [6, 6.07) is 0. The maximum absolute atomic E-state index is 12.8. The fourth-order valence-electron chi connectivity index (χ4n) is 5.39. The van der Waals surface area contributed by atoms with E-state index in [4.69, 9.17) is 0 Å². The van der Waals surface area contributed by atoms with Gasteiger partial charge in [-0.05, 0) is 84.0 Å². The van der Waals surface area contributed by atoms with Crippen LogP contribution in [0.1, 0.15) is 72.6 Å². The molecule has 4 rings (SSSR count). The highest BCUT2D eigenvalue weighted by Crippen LogP contribution is 2.60. The van der Waals surface area contributed by atoms with Crippen LogP contribution in [0.5, 0.6) is 0 Å². The van der Waals surface area contributed by atoms with Crippen molar-refractivity contribution in [1.82, 2.24) is 10.7 Å². The largest absolute Gasteiger partial charge is 0.351 e. The molecule has 0 spiro atoms. The van der Waals surface area contributed by atoms with Gasteiger partial charge in [0, 0.05) is 11.3 Å². The quantitative estimate of drug-likeness (QED) is 0.613. The smallest absolute Gasteiger partial charge is 0.246 e. The summed E-state index contributed by atoms with van der Waals surface area (Å²) in [5.41, 5.74) is 2.99. The highest BCUT2D eigenvalue weighted by molar-refractivity contribution is 6.00. The maximum atomic E-state index is 12.8. The fourth-order valence-corrected chi connectivity index (χ4v) is 5.39. The minimum Gasteiger partial charge on any atom is -0.351 e. The standard InChI is InChI=1S/C19H31N3O2/c1-12(5-16(23)20-18(2,3)4)21-22-17(24)19-9-13-6-14(10-19)8-15(7-13)11-19/h13-15H,5-11H2,1-4H3,(H,20,23)(H,22,24)/b21-12+. The van der Waals surface area contributed by atoms with Crippen molar-refractivity contribution in [2.24, 2.45) is 28.3 Å². The first-order valence-corrected chi connectivity index (χ1v) is 9.30. The van der Waals surface area contributed by atoms with Crippen molar-refractivity contribution >= 4 is 17.5 Å². The topological polar surface area (TPSA) is 70.6 Å². The van der Waals surface area contributed by atoms with Crippen LogP contribution >= 0.6 is 0 Å². The predicted molar refractivity (Wildman–Crippen MR) is 94.4 cm³/mol. The number of nitrogens with zero attached hydrogens (tertiary/aromatic N) is 1. The van der Waals surface area contributed by atoms with Crippen LogP contribution in [0.15, 0.2) is 5.10 Å². The Balaban J connectivity index is 1.56. The van der Waals surface area contributed by atoms with Gasteiger partial charge in [0.2, 0.25) is 11.8 Å².